The van der Waals surface area contributed by atoms with Gasteiger partial charge in [0.2, 0.25) is 17.7 Å². The van der Waals surface area contributed by atoms with E-state index in [0.717, 1.165) is 28.0 Å². The molecule has 3 amide bonds. The van der Waals surface area contributed by atoms with Crippen LogP contribution >= 0.6 is 23.1 Å². The molecule has 0 radical (unpaired) electrons. The summed E-state index contributed by atoms with van der Waals surface area (Å²) in [4.78, 5) is 56.0. The summed E-state index contributed by atoms with van der Waals surface area (Å²) in [7, 11) is 0. The Morgan fingerprint density at radius 2 is 1.55 bits per heavy atom. The maximum absolute atomic E-state index is 14.0. The number of nitrogens with one attached hydrogen (secondary N) is 1. The van der Waals surface area contributed by atoms with Crippen molar-refractivity contribution in [2.75, 3.05) is 10.2 Å². The third-order valence-corrected chi connectivity index (χ3v) is 10.4. The molecule has 9 heteroatoms. The quantitative estimate of drug-likeness (QED) is 0.287. The first kappa shape index (κ1) is 28.2. The molecule has 3 heterocycles. The number of imide groups is 1. The van der Waals surface area contributed by atoms with Crippen LogP contribution in [-0.4, -0.2) is 27.5 Å². The van der Waals surface area contributed by atoms with Gasteiger partial charge in [0.15, 0.2) is 0 Å². The number of nitrogens with zero attached hydrogens (tertiary/aromatic N) is 2. The van der Waals surface area contributed by atoms with Crippen LogP contribution in [0.15, 0.2) is 88.7 Å². The largest absolute Gasteiger partial charge is 0.325 e. The summed E-state index contributed by atoms with van der Waals surface area (Å²) in [5.74, 6) is -2.09. The van der Waals surface area contributed by atoms with Crippen molar-refractivity contribution >= 4 is 52.2 Å². The molecule has 1 N–H and O–H groups in total. The number of benzene rings is 3. The normalized spacial score (nSPS) is 19.9. The molecule has 0 spiro atoms. The molecule has 7 nitrogen and oxygen atoms in total. The maximum Gasteiger partial charge on any atom is 0.308 e. The number of aromatic nitrogens is 1. The summed E-state index contributed by atoms with van der Waals surface area (Å²) in [5, 5.41) is 2.71. The third-order valence-electron chi connectivity index (χ3n) is 7.84. The molecule has 4 aromatic rings. The van der Waals surface area contributed by atoms with Gasteiger partial charge in [0.1, 0.15) is 11.8 Å². The van der Waals surface area contributed by atoms with Gasteiger partial charge in [0.05, 0.1) is 16.6 Å². The van der Waals surface area contributed by atoms with Crippen molar-refractivity contribution in [2.24, 2.45) is 5.92 Å². The molecule has 1 aromatic heterocycles. The Morgan fingerprint density at radius 1 is 0.881 bits per heavy atom. The molecule has 0 saturated carbocycles. The first-order valence-electron chi connectivity index (χ1n) is 13.8. The number of thiazole rings is 1. The Labute approximate surface area is 252 Å². The van der Waals surface area contributed by atoms with Crippen LogP contribution < -0.4 is 15.1 Å². The van der Waals surface area contributed by atoms with Gasteiger partial charge in [-0.2, -0.15) is 0 Å². The number of fused-ring (bicyclic) bond motifs is 2. The van der Waals surface area contributed by atoms with Crippen LogP contribution in [-0.2, 0) is 26.3 Å². The summed E-state index contributed by atoms with van der Waals surface area (Å²) in [5.41, 5.74) is 4.20. The Morgan fingerprint density at radius 3 is 2.19 bits per heavy atom. The Kier molecular flexibility index (Phi) is 7.19. The second kappa shape index (κ2) is 10.7. The average molecular weight is 598 g/mol. The molecular weight excluding hydrogens is 567 g/mol. The van der Waals surface area contributed by atoms with Gasteiger partial charge < -0.3 is 5.32 Å². The highest BCUT2D eigenvalue weighted by molar-refractivity contribution is 8.00. The van der Waals surface area contributed by atoms with Crippen molar-refractivity contribution in [3.05, 3.63) is 110 Å². The molecule has 1 fully saturated rings. The molecule has 0 bridgehead atoms. The Balaban J connectivity index is 1.41. The molecule has 3 atom stereocenters. The number of rotatable bonds is 5. The number of aryl methyl sites for hydroxylation is 1. The lowest BCUT2D eigenvalue weighted by Crippen LogP contribution is -2.33. The summed E-state index contributed by atoms with van der Waals surface area (Å²) in [6.07, 6.45) is 0. The fraction of sp³-hybridized carbons (Fsp3) is 0.273. The molecule has 42 heavy (non-hydrogen) atoms. The van der Waals surface area contributed by atoms with E-state index < -0.39 is 17.1 Å². The number of amides is 3. The van der Waals surface area contributed by atoms with Crippen LogP contribution in [0.25, 0.3) is 0 Å². The van der Waals surface area contributed by atoms with Gasteiger partial charge >= 0.3 is 4.87 Å². The van der Waals surface area contributed by atoms with E-state index in [9.17, 15) is 19.2 Å². The number of anilines is 2. The van der Waals surface area contributed by atoms with Crippen molar-refractivity contribution < 1.29 is 14.4 Å². The van der Waals surface area contributed by atoms with Gasteiger partial charge in [-0.15, -0.1) is 0 Å². The van der Waals surface area contributed by atoms with Crippen LogP contribution in [0.5, 0.6) is 0 Å². The van der Waals surface area contributed by atoms with Crippen LogP contribution in [0.4, 0.5) is 11.4 Å². The summed E-state index contributed by atoms with van der Waals surface area (Å²) in [6, 6.07) is 24.5. The van der Waals surface area contributed by atoms with Crippen molar-refractivity contribution in [1.29, 1.82) is 0 Å². The summed E-state index contributed by atoms with van der Waals surface area (Å²) >= 11 is 2.28. The topological polar surface area (TPSA) is 88.5 Å². The van der Waals surface area contributed by atoms with Crippen LogP contribution in [0.2, 0.25) is 0 Å². The van der Waals surface area contributed by atoms with E-state index in [1.807, 2.05) is 49.4 Å². The zero-order valence-electron chi connectivity index (χ0n) is 23.8. The summed E-state index contributed by atoms with van der Waals surface area (Å²) < 4.78 is 1.45. The first-order valence-corrected chi connectivity index (χ1v) is 15.5. The van der Waals surface area contributed by atoms with E-state index in [1.165, 1.54) is 21.2 Å². The van der Waals surface area contributed by atoms with Crippen molar-refractivity contribution in [2.45, 2.75) is 55.8 Å². The zero-order chi connectivity index (χ0) is 29.8. The highest BCUT2D eigenvalue weighted by Gasteiger charge is 2.56. The molecule has 2 aliphatic rings. The number of hydrogen-bond donors (Lipinski definition) is 1. The smallest absolute Gasteiger partial charge is 0.308 e. The van der Waals surface area contributed by atoms with Gasteiger partial charge in [-0.05, 0) is 47.7 Å². The molecule has 3 aromatic carbocycles. The number of thioether (sulfide) groups is 1. The standard InChI is InChI=1S/C33H31N3O4S2/c1-19-10-16-22(17-11-19)34-24(37)18-35-31-28(42-32(35)40)25(20-12-14-21(15-13-20)33(2,3)4)26-27(41-31)30(39)36(29(26)38)23-8-6-5-7-9-23/h5-17,25-27H,18H2,1-4H3,(H,34,37)/t25-,26?,27?/m1/s1. The monoisotopic (exact) mass is 597 g/mol. The third kappa shape index (κ3) is 5.01. The number of hydrogen-bond acceptors (Lipinski definition) is 6. The van der Waals surface area contributed by atoms with Gasteiger partial charge in [-0.25, -0.2) is 4.90 Å². The van der Waals surface area contributed by atoms with E-state index in [-0.39, 0.29) is 34.6 Å². The second-order valence-electron chi connectivity index (χ2n) is 11.8. The zero-order valence-corrected chi connectivity index (χ0v) is 25.4. The van der Waals surface area contributed by atoms with E-state index in [4.69, 9.17) is 0 Å². The van der Waals surface area contributed by atoms with Crippen LogP contribution in [0, 0.1) is 12.8 Å². The highest BCUT2D eigenvalue weighted by Crippen LogP contribution is 2.54. The predicted octanol–water partition coefficient (Wildman–Crippen LogP) is 5.95. The minimum Gasteiger partial charge on any atom is -0.325 e. The van der Waals surface area contributed by atoms with E-state index in [0.29, 0.717) is 21.3 Å². The van der Waals surface area contributed by atoms with Gasteiger partial charge in [-0.1, -0.05) is 104 Å². The minimum atomic E-state index is -0.724. The van der Waals surface area contributed by atoms with Crippen LogP contribution in [0.1, 0.15) is 48.3 Å². The molecule has 6 rings (SSSR count). The molecule has 2 aliphatic heterocycles. The molecule has 214 valence electrons. The van der Waals surface area contributed by atoms with Crippen molar-refractivity contribution in [3.8, 4) is 0 Å². The maximum atomic E-state index is 14.0. The minimum absolute atomic E-state index is 0.0587. The molecular formula is C33H31N3O4S2. The average Bonchev–Trinajstić information content (AvgIpc) is 3.40. The second-order valence-corrected chi connectivity index (χ2v) is 13.9. The van der Waals surface area contributed by atoms with Crippen molar-refractivity contribution in [1.82, 2.24) is 4.57 Å². The lowest BCUT2D eigenvalue weighted by atomic mass is 9.81. The lowest BCUT2D eigenvalue weighted by molar-refractivity contribution is -0.122. The SMILES string of the molecule is Cc1ccc(NC(=O)Cn2c3c(sc2=O)[C@H](c2ccc(C(C)(C)C)cc2)C2C(=O)N(c4ccccc4)C(=O)C2S3)cc1. The Hall–Kier alpha value is -3.95. The Bertz CT molecular complexity index is 1740. The lowest BCUT2D eigenvalue weighted by Gasteiger charge is -2.31. The number of para-hydroxylation sites is 1. The van der Waals surface area contributed by atoms with Crippen molar-refractivity contribution in [3.63, 3.8) is 0 Å². The fourth-order valence-corrected chi connectivity index (χ4v) is 8.39. The van der Waals surface area contributed by atoms with Gasteiger partial charge in [0, 0.05) is 16.5 Å². The van der Waals surface area contributed by atoms with Crippen LogP contribution in [0.3, 0.4) is 0 Å². The van der Waals surface area contributed by atoms with E-state index in [2.05, 4.69) is 38.2 Å². The van der Waals surface area contributed by atoms with Gasteiger partial charge in [-0.3, -0.25) is 23.7 Å². The van der Waals surface area contributed by atoms with Gasteiger partial charge in [0.25, 0.3) is 0 Å². The molecule has 1 saturated heterocycles. The predicted molar refractivity (Wildman–Crippen MR) is 167 cm³/mol. The number of carbonyl (C=O) groups excluding carboxylic acids is 3. The summed E-state index contributed by atoms with van der Waals surface area (Å²) in [6.45, 7) is 8.19. The molecule has 0 aliphatic carbocycles. The number of carbonyl (C=O) groups is 3. The van der Waals surface area contributed by atoms with E-state index in [1.54, 1.807) is 24.3 Å². The molecule has 2 unspecified atom stereocenters. The fourth-order valence-electron chi connectivity index (χ4n) is 5.62. The van der Waals surface area contributed by atoms with E-state index >= 15 is 0 Å². The first-order chi connectivity index (χ1) is 20.0. The highest BCUT2D eigenvalue weighted by atomic mass is 32.2.